The number of hydrogen-bond acceptors (Lipinski definition) is 4. The lowest BCUT2D eigenvalue weighted by molar-refractivity contribution is 0.506. The summed E-state index contributed by atoms with van der Waals surface area (Å²) in [5.74, 6) is 0.759. The summed E-state index contributed by atoms with van der Waals surface area (Å²) in [6, 6.07) is 10.7. The van der Waals surface area contributed by atoms with Crippen LogP contribution in [0.15, 0.2) is 41.6 Å². The van der Waals surface area contributed by atoms with Crippen molar-refractivity contribution in [1.29, 1.82) is 0 Å². The molecule has 0 spiro atoms. The Bertz CT molecular complexity index is 628. The van der Waals surface area contributed by atoms with Crippen LogP contribution in [0.25, 0.3) is 0 Å². The fraction of sp³-hybridized carbons (Fsp3) is 0.357. The van der Waals surface area contributed by atoms with Crippen LogP contribution in [0.1, 0.15) is 37.3 Å². The normalized spacial score (nSPS) is 21.6. The van der Waals surface area contributed by atoms with Crippen LogP contribution in [0.3, 0.4) is 0 Å². The first kappa shape index (κ1) is 10.7. The van der Waals surface area contributed by atoms with Crippen molar-refractivity contribution in [2.24, 2.45) is 0 Å². The average Bonchev–Trinajstić information content (AvgIpc) is 2.93. The molecule has 0 fully saturated rings. The SMILES string of the molecule is c1ccc([C@H]2C3=C(CCCC3)Nc3nnnn32)cc1. The first-order valence-corrected chi connectivity index (χ1v) is 6.75. The van der Waals surface area contributed by atoms with E-state index >= 15 is 0 Å². The highest BCUT2D eigenvalue weighted by atomic mass is 15.6. The van der Waals surface area contributed by atoms with Gasteiger partial charge in [-0.3, -0.25) is 0 Å². The molecule has 0 unspecified atom stereocenters. The van der Waals surface area contributed by atoms with Gasteiger partial charge in [-0.2, -0.15) is 4.68 Å². The molecular formula is C14H15N5. The summed E-state index contributed by atoms with van der Waals surface area (Å²) >= 11 is 0. The zero-order valence-electron chi connectivity index (χ0n) is 10.6. The van der Waals surface area contributed by atoms with Crippen molar-refractivity contribution in [3.63, 3.8) is 0 Å². The number of rotatable bonds is 1. The van der Waals surface area contributed by atoms with Gasteiger partial charge in [0.05, 0.1) is 0 Å². The zero-order chi connectivity index (χ0) is 12.7. The summed E-state index contributed by atoms with van der Waals surface area (Å²) in [5.41, 5.74) is 4.02. The molecule has 96 valence electrons. The fourth-order valence-corrected chi connectivity index (χ4v) is 3.08. The number of nitrogens with zero attached hydrogens (tertiary/aromatic N) is 4. The number of hydrogen-bond donors (Lipinski definition) is 1. The van der Waals surface area contributed by atoms with Crippen LogP contribution >= 0.6 is 0 Å². The Kier molecular flexibility index (Phi) is 2.36. The first-order chi connectivity index (χ1) is 9.43. The summed E-state index contributed by atoms with van der Waals surface area (Å²) in [4.78, 5) is 0. The molecular weight excluding hydrogens is 238 g/mol. The summed E-state index contributed by atoms with van der Waals surface area (Å²) in [6.45, 7) is 0. The monoisotopic (exact) mass is 253 g/mol. The Labute approximate surface area is 111 Å². The number of fused-ring (bicyclic) bond motifs is 1. The second kappa shape index (κ2) is 4.19. The van der Waals surface area contributed by atoms with Gasteiger partial charge in [0.25, 0.3) is 0 Å². The second-order valence-electron chi connectivity index (χ2n) is 5.10. The number of anilines is 1. The topological polar surface area (TPSA) is 55.6 Å². The Morgan fingerprint density at radius 3 is 2.84 bits per heavy atom. The summed E-state index contributed by atoms with van der Waals surface area (Å²) in [7, 11) is 0. The standard InChI is InChI=1S/C14H15N5/c1-2-6-10(7-3-1)13-11-8-4-5-9-12(11)15-14-16-17-18-19(13)14/h1-3,6-7,13H,4-5,8-9H2,(H,15,16,18)/t13-/m0/s1. The van der Waals surface area contributed by atoms with Gasteiger partial charge in [-0.25, -0.2) is 0 Å². The molecule has 5 nitrogen and oxygen atoms in total. The maximum absolute atomic E-state index is 4.16. The van der Waals surface area contributed by atoms with Crippen LogP contribution < -0.4 is 5.32 Å². The molecule has 4 rings (SSSR count). The van der Waals surface area contributed by atoms with Crippen molar-refractivity contribution in [3.05, 3.63) is 47.2 Å². The molecule has 1 aliphatic carbocycles. The van der Waals surface area contributed by atoms with E-state index in [9.17, 15) is 0 Å². The van der Waals surface area contributed by atoms with E-state index in [1.165, 1.54) is 29.7 Å². The lowest BCUT2D eigenvalue weighted by Gasteiger charge is -2.32. The molecule has 2 heterocycles. The van der Waals surface area contributed by atoms with E-state index in [1.807, 2.05) is 10.7 Å². The van der Waals surface area contributed by atoms with Gasteiger partial charge in [0, 0.05) is 5.70 Å². The molecule has 0 saturated carbocycles. The van der Waals surface area contributed by atoms with Crippen LogP contribution in [-0.4, -0.2) is 20.2 Å². The van der Waals surface area contributed by atoms with Gasteiger partial charge in [0.2, 0.25) is 5.95 Å². The second-order valence-corrected chi connectivity index (χ2v) is 5.10. The predicted molar refractivity (Wildman–Crippen MR) is 71.5 cm³/mol. The van der Waals surface area contributed by atoms with Gasteiger partial charge in [-0.15, -0.1) is 0 Å². The molecule has 19 heavy (non-hydrogen) atoms. The van der Waals surface area contributed by atoms with Crippen molar-refractivity contribution in [2.45, 2.75) is 31.7 Å². The lowest BCUT2D eigenvalue weighted by Crippen LogP contribution is -2.27. The highest BCUT2D eigenvalue weighted by Gasteiger charge is 2.31. The number of tetrazole rings is 1. The largest absolute Gasteiger partial charge is 0.327 e. The molecule has 2 aromatic rings. The van der Waals surface area contributed by atoms with Gasteiger partial charge in [0.1, 0.15) is 6.04 Å². The molecule has 2 aliphatic rings. The van der Waals surface area contributed by atoms with E-state index in [-0.39, 0.29) is 6.04 Å². The Morgan fingerprint density at radius 1 is 1.11 bits per heavy atom. The molecule has 5 heteroatoms. The van der Waals surface area contributed by atoms with Crippen LogP contribution in [0.2, 0.25) is 0 Å². The van der Waals surface area contributed by atoms with E-state index in [2.05, 4.69) is 45.1 Å². The Hall–Kier alpha value is -2.17. The highest BCUT2D eigenvalue weighted by Crippen LogP contribution is 2.40. The average molecular weight is 253 g/mol. The third-order valence-electron chi connectivity index (χ3n) is 3.96. The van der Waals surface area contributed by atoms with Gasteiger partial charge in [0.15, 0.2) is 0 Å². The molecule has 1 N–H and O–H groups in total. The summed E-state index contributed by atoms with van der Waals surface area (Å²) < 4.78 is 1.90. The summed E-state index contributed by atoms with van der Waals surface area (Å²) in [6.07, 6.45) is 4.73. The molecule has 0 radical (unpaired) electrons. The fourth-order valence-electron chi connectivity index (χ4n) is 3.08. The van der Waals surface area contributed by atoms with Crippen molar-refractivity contribution < 1.29 is 0 Å². The van der Waals surface area contributed by atoms with E-state index in [4.69, 9.17) is 0 Å². The van der Waals surface area contributed by atoms with Crippen molar-refractivity contribution >= 4 is 5.95 Å². The van der Waals surface area contributed by atoms with Crippen LogP contribution in [0.4, 0.5) is 5.95 Å². The molecule has 1 atom stereocenters. The highest BCUT2D eigenvalue weighted by molar-refractivity contribution is 5.47. The van der Waals surface area contributed by atoms with E-state index in [0.29, 0.717) is 0 Å². The van der Waals surface area contributed by atoms with E-state index in [0.717, 1.165) is 18.8 Å². The molecule has 0 amide bonds. The van der Waals surface area contributed by atoms with Gasteiger partial charge >= 0.3 is 0 Å². The smallest absolute Gasteiger partial charge is 0.248 e. The third-order valence-corrected chi connectivity index (χ3v) is 3.96. The van der Waals surface area contributed by atoms with Crippen molar-refractivity contribution in [3.8, 4) is 0 Å². The maximum atomic E-state index is 4.16. The van der Waals surface area contributed by atoms with Crippen molar-refractivity contribution in [1.82, 2.24) is 20.2 Å². The summed E-state index contributed by atoms with van der Waals surface area (Å²) in [5, 5.41) is 15.4. The van der Waals surface area contributed by atoms with Crippen LogP contribution in [0, 0.1) is 0 Å². The predicted octanol–water partition coefficient (Wildman–Crippen LogP) is 2.52. The number of benzene rings is 1. The van der Waals surface area contributed by atoms with E-state index < -0.39 is 0 Å². The van der Waals surface area contributed by atoms with Crippen LogP contribution in [0.5, 0.6) is 0 Å². The van der Waals surface area contributed by atoms with Crippen molar-refractivity contribution in [2.75, 3.05) is 5.32 Å². The molecule has 1 aromatic carbocycles. The zero-order valence-corrected chi connectivity index (χ0v) is 10.6. The molecule has 0 bridgehead atoms. The minimum atomic E-state index is 0.155. The van der Waals surface area contributed by atoms with E-state index in [1.54, 1.807) is 0 Å². The van der Waals surface area contributed by atoms with Gasteiger partial charge in [-0.1, -0.05) is 35.4 Å². The van der Waals surface area contributed by atoms with Crippen LogP contribution in [-0.2, 0) is 0 Å². The first-order valence-electron chi connectivity index (χ1n) is 6.75. The minimum Gasteiger partial charge on any atom is -0.327 e. The minimum absolute atomic E-state index is 0.155. The third kappa shape index (κ3) is 1.65. The van der Waals surface area contributed by atoms with Gasteiger partial charge in [-0.05, 0) is 47.2 Å². The van der Waals surface area contributed by atoms with Gasteiger partial charge < -0.3 is 5.32 Å². The number of nitrogens with one attached hydrogen (secondary N) is 1. The number of allylic oxidation sites excluding steroid dienone is 2. The lowest BCUT2D eigenvalue weighted by atomic mass is 9.86. The number of aromatic nitrogens is 4. The Morgan fingerprint density at radius 2 is 1.95 bits per heavy atom. The molecule has 1 aliphatic heterocycles. The maximum Gasteiger partial charge on any atom is 0.248 e. The molecule has 1 aromatic heterocycles. The molecule has 0 saturated heterocycles. The quantitative estimate of drug-likeness (QED) is 0.848. The Balaban J connectivity index is 1.88.